The number of hydrogen-bond donors (Lipinski definition) is 0. The van der Waals surface area contributed by atoms with Crippen LogP contribution in [0, 0.1) is 0 Å². The lowest BCUT2D eigenvalue weighted by Crippen LogP contribution is -2.49. The van der Waals surface area contributed by atoms with Crippen molar-refractivity contribution in [3.05, 3.63) is 0 Å². The lowest BCUT2D eigenvalue weighted by atomic mass is 10.3. The number of cyclic esters (lactones) is 1. The van der Waals surface area contributed by atoms with E-state index in [4.69, 9.17) is 8.92 Å². The van der Waals surface area contributed by atoms with Gasteiger partial charge in [-0.2, -0.15) is 8.42 Å². The molecule has 3 rings (SSSR count). The van der Waals surface area contributed by atoms with Crippen LogP contribution in [0.15, 0.2) is 0 Å². The number of carbonyl (C=O) groups excluding carboxylic acids is 1. The number of rotatable bonds is 7. The molecule has 23 heavy (non-hydrogen) atoms. The highest BCUT2D eigenvalue weighted by Gasteiger charge is 2.33. The van der Waals surface area contributed by atoms with Gasteiger partial charge in [-0.15, -0.1) is 0 Å². The van der Waals surface area contributed by atoms with E-state index >= 15 is 0 Å². The van der Waals surface area contributed by atoms with Crippen LogP contribution in [-0.2, 0) is 19.0 Å². The van der Waals surface area contributed by atoms with Crippen molar-refractivity contribution in [3.63, 3.8) is 0 Å². The summed E-state index contributed by atoms with van der Waals surface area (Å²) in [7, 11) is -3.51. The first-order chi connectivity index (χ1) is 10.9. The van der Waals surface area contributed by atoms with Crippen molar-refractivity contribution in [2.45, 2.75) is 25.0 Å². The Hall–Kier alpha value is -0.900. The topological polar surface area (TPSA) is 79.4 Å². The van der Waals surface area contributed by atoms with Crippen LogP contribution in [0.2, 0.25) is 0 Å². The summed E-state index contributed by atoms with van der Waals surface area (Å²) >= 11 is 0. The maximum Gasteiger partial charge on any atom is 0.410 e. The lowest BCUT2D eigenvalue weighted by Gasteiger charge is -2.35. The van der Waals surface area contributed by atoms with E-state index in [2.05, 4.69) is 9.80 Å². The van der Waals surface area contributed by atoms with Crippen molar-refractivity contribution in [2.75, 3.05) is 58.7 Å². The molecule has 0 spiro atoms. The third-order valence-electron chi connectivity index (χ3n) is 4.57. The normalized spacial score (nSPS) is 27.4. The Balaban J connectivity index is 1.36. The SMILES string of the molecule is CS(=O)(=O)OCC1CN(CCN2CCN(C3CC3)CC2)C(=O)O1. The summed E-state index contributed by atoms with van der Waals surface area (Å²) in [6.07, 6.45) is 2.78. The highest BCUT2D eigenvalue weighted by atomic mass is 32.2. The number of carbonyl (C=O) groups is 1. The van der Waals surface area contributed by atoms with Crippen LogP contribution in [0.3, 0.4) is 0 Å². The fourth-order valence-electron chi connectivity index (χ4n) is 3.10. The van der Waals surface area contributed by atoms with E-state index in [0.717, 1.165) is 45.0 Å². The van der Waals surface area contributed by atoms with Crippen molar-refractivity contribution in [2.24, 2.45) is 0 Å². The summed E-state index contributed by atoms with van der Waals surface area (Å²) in [5.41, 5.74) is 0. The molecule has 0 aromatic heterocycles. The molecule has 3 aliphatic rings. The van der Waals surface area contributed by atoms with E-state index in [1.54, 1.807) is 4.90 Å². The fourth-order valence-corrected chi connectivity index (χ4v) is 3.50. The van der Waals surface area contributed by atoms with E-state index in [0.29, 0.717) is 13.1 Å². The van der Waals surface area contributed by atoms with Gasteiger partial charge in [0.2, 0.25) is 0 Å². The summed E-state index contributed by atoms with van der Waals surface area (Å²) < 4.78 is 31.8. The van der Waals surface area contributed by atoms with Crippen molar-refractivity contribution < 1.29 is 22.1 Å². The van der Waals surface area contributed by atoms with Crippen LogP contribution in [0.1, 0.15) is 12.8 Å². The van der Waals surface area contributed by atoms with Crippen LogP contribution < -0.4 is 0 Å². The largest absolute Gasteiger partial charge is 0.442 e. The second-order valence-electron chi connectivity index (χ2n) is 6.55. The van der Waals surface area contributed by atoms with Gasteiger partial charge in [-0.25, -0.2) is 4.79 Å². The van der Waals surface area contributed by atoms with E-state index in [9.17, 15) is 13.2 Å². The maximum atomic E-state index is 11.8. The molecule has 0 radical (unpaired) electrons. The van der Waals surface area contributed by atoms with Crippen molar-refractivity contribution in [1.29, 1.82) is 0 Å². The van der Waals surface area contributed by atoms with Gasteiger partial charge in [0.25, 0.3) is 10.1 Å². The van der Waals surface area contributed by atoms with Gasteiger partial charge >= 0.3 is 6.09 Å². The predicted octanol–water partition coefficient (Wildman–Crippen LogP) is -0.437. The van der Waals surface area contributed by atoms with Crippen molar-refractivity contribution in [3.8, 4) is 0 Å². The van der Waals surface area contributed by atoms with Crippen LogP contribution >= 0.6 is 0 Å². The Morgan fingerprint density at radius 2 is 1.87 bits per heavy atom. The number of hydrogen-bond acceptors (Lipinski definition) is 7. The minimum Gasteiger partial charge on any atom is -0.442 e. The first-order valence-corrected chi connectivity index (χ1v) is 9.99. The molecule has 1 atom stereocenters. The first-order valence-electron chi connectivity index (χ1n) is 8.17. The average Bonchev–Trinajstić information content (AvgIpc) is 3.27. The van der Waals surface area contributed by atoms with Crippen LogP contribution in [-0.4, -0.2) is 100 Å². The quantitative estimate of drug-likeness (QED) is 0.578. The molecular weight excluding hydrogens is 322 g/mol. The zero-order chi connectivity index (χ0) is 16.4. The second-order valence-corrected chi connectivity index (χ2v) is 8.19. The Bertz CT molecular complexity index is 529. The average molecular weight is 347 g/mol. The smallest absolute Gasteiger partial charge is 0.410 e. The number of piperazine rings is 1. The molecule has 1 amide bonds. The molecule has 132 valence electrons. The van der Waals surface area contributed by atoms with Gasteiger partial charge in [0, 0.05) is 45.3 Å². The van der Waals surface area contributed by atoms with Crippen molar-refractivity contribution in [1.82, 2.24) is 14.7 Å². The third-order valence-corrected chi connectivity index (χ3v) is 5.14. The summed E-state index contributed by atoms with van der Waals surface area (Å²) in [5, 5.41) is 0. The Morgan fingerprint density at radius 1 is 1.17 bits per heavy atom. The first kappa shape index (κ1) is 16.9. The highest BCUT2D eigenvalue weighted by molar-refractivity contribution is 7.85. The molecule has 2 saturated heterocycles. The number of nitrogens with zero attached hydrogens (tertiary/aromatic N) is 3. The molecule has 8 nitrogen and oxygen atoms in total. The summed E-state index contributed by atoms with van der Waals surface area (Å²) in [6, 6.07) is 0.821. The Kier molecular flexibility index (Phi) is 5.10. The minimum atomic E-state index is -3.51. The molecule has 1 unspecified atom stereocenters. The molecule has 0 N–H and O–H groups in total. The van der Waals surface area contributed by atoms with E-state index in [1.807, 2.05) is 0 Å². The molecule has 0 aromatic carbocycles. The molecule has 9 heteroatoms. The standard InChI is InChI=1S/C14H25N3O5S/c1-23(19,20)21-11-13-10-17(14(18)22-13)9-6-15-4-7-16(8-5-15)12-2-3-12/h12-13H,2-11H2,1H3. The molecule has 0 aromatic rings. The molecule has 3 fully saturated rings. The van der Waals surface area contributed by atoms with Gasteiger partial charge < -0.3 is 9.64 Å². The predicted molar refractivity (Wildman–Crippen MR) is 83.7 cm³/mol. The molecule has 2 heterocycles. The number of ether oxygens (including phenoxy) is 1. The van der Waals surface area contributed by atoms with Crippen LogP contribution in [0.5, 0.6) is 0 Å². The van der Waals surface area contributed by atoms with Gasteiger partial charge in [-0.1, -0.05) is 0 Å². The monoisotopic (exact) mass is 347 g/mol. The zero-order valence-electron chi connectivity index (χ0n) is 13.5. The Morgan fingerprint density at radius 3 is 2.48 bits per heavy atom. The third kappa shape index (κ3) is 5.03. The molecule has 1 saturated carbocycles. The lowest BCUT2D eigenvalue weighted by molar-refractivity contribution is 0.102. The zero-order valence-corrected chi connectivity index (χ0v) is 14.3. The van der Waals surface area contributed by atoms with E-state index in [1.165, 1.54) is 12.8 Å². The molecule has 0 bridgehead atoms. The van der Waals surface area contributed by atoms with Gasteiger partial charge in [0.15, 0.2) is 0 Å². The summed E-state index contributed by atoms with van der Waals surface area (Å²) in [4.78, 5) is 18.4. The van der Waals surface area contributed by atoms with E-state index in [-0.39, 0.29) is 12.7 Å². The van der Waals surface area contributed by atoms with Crippen molar-refractivity contribution >= 4 is 16.2 Å². The molecule has 1 aliphatic carbocycles. The summed E-state index contributed by atoms with van der Waals surface area (Å²) in [6.45, 7) is 6.02. The second kappa shape index (κ2) is 6.92. The Labute approximate surface area is 137 Å². The van der Waals surface area contributed by atoms with Gasteiger partial charge in [0.05, 0.1) is 12.8 Å². The molecule has 2 aliphatic heterocycles. The van der Waals surface area contributed by atoms with Gasteiger partial charge in [-0.3, -0.25) is 14.0 Å². The summed E-state index contributed by atoms with van der Waals surface area (Å²) in [5.74, 6) is 0. The van der Waals surface area contributed by atoms with Gasteiger partial charge in [0.1, 0.15) is 12.7 Å². The van der Waals surface area contributed by atoms with Crippen LogP contribution in [0.4, 0.5) is 4.79 Å². The number of amides is 1. The maximum absolute atomic E-state index is 11.8. The minimum absolute atomic E-state index is 0.110. The van der Waals surface area contributed by atoms with E-state index < -0.39 is 16.2 Å². The van der Waals surface area contributed by atoms with Crippen LogP contribution in [0.25, 0.3) is 0 Å². The van der Waals surface area contributed by atoms with Gasteiger partial charge in [-0.05, 0) is 12.8 Å². The molecular formula is C14H25N3O5S. The fraction of sp³-hybridized carbons (Fsp3) is 0.929. The highest BCUT2D eigenvalue weighted by Crippen LogP contribution is 2.27.